The average molecular weight is 272 g/mol. The van der Waals surface area contributed by atoms with Crippen molar-refractivity contribution in [2.75, 3.05) is 46.8 Å². The van der Waals surface area contributed by atoms with E-state index in [1.165, 1.54) is 0 Å². The molecule has 0 atom stereocenters. The number of likely N-dealkylation sites (N-methyl/N-ethyl adjacent to an activating group) is 2. The number of nitrogens with one attached hydrogen (secondary N) is 1. The topological polar surface area (TPSA) is 78.7 Å². The molecule has 0 rings (SSSR count). The first-order valence-electron chi connectivity index (χ1n) is 6.76. The van der Waals surface area contributed by atoms with Crippen molar-refractivity contribution < 1.29 is 9.59 Å². The van der Waals surface area contributed by atoms with E-state index in [0.29, 0.717) is 25.6 Å². The second-order valence-corrected chi connectivity index (χ2v) is 5.33. The molecule has 0 unspecified atom stereocenters. The smallest absolute Gasteiger partial charge is 0.236 e. The molecule has 0 aromatic carbocycles. The van der Waals surface area contributed by atoms with E-state index in [4.69, 9.17) is 5.73 Å². The number of rotatable bonds is 9. The van der Waals surface area contributed by atoms with E-state index < -0.39 is 0 Å². The van der Waals surface area contributed by atoms with Crippen molar-refractivity contribution in [3.63, 3.8) is 0 Å². The fraction of sp³-hybridized carbons (Fsp3) is 0.846. The molecule has 0 saturated carbocycles. The van der Waals surface area contributed by atoms with E-state index in [1.54, 1.807) is 23.9 Å². The Bertz CT molecular complexity index is 282. The van der Waals surface area contributed by atoms with Crippen molar-refractivity contribution >= 4 is 11.8 Å². The normalized spacial score (nSPS) is 10.9. The minimum atomic E-state index is -0.0476. The average Bonchev–Trinajstić information content (AvgIpc) is 2.33. The van der Waals surface area contributed by atoms with Crippen molar-refractivity contribution in [2.45, 2.75) is 20.3 Å². The van der Waals surface area contributed by atoms with Gasteiger partial charge in [0, 0.05) is 20.1 Å². The first-order valence-corrected chi connectivity index (χ1v) is 6.76. The van der Waals surface area contributed by atoms with Gasteiger partial charge in [-0.2, -0.15) is 0 Å². The number of carbonyl (C=O) groups is 2. The monoisotopic (exact) mass is 272 g/mol. The Hall–Kier alpha value is -1.14. The summed E-state index contributed by atoms with van der Waals surface area (Å²) in [5.74, 6) is 0.388. The van der Waals surface area contributed by atoms with Gasteiger partial charge >= 0.3 is 0 Å². The summed E-state index contributed by atoms with van der Waals surface area (Å²) in [7, 11) is 3.52. The molecule has 0 aliphatic heterocycles. The van der Waals surface area contributed by atoms with Gasteiger partial charge in [0.25, 0.3) is 0 Å². The standard InChI is InChI=1S/C13H28N4O2/c1-11(2)8-15-12(18)9-16(3)10-13(19)17(4)7-5-6-14/h11H,5-10,14H2,1-4H3,(H,15,18). The highest BCUT2D eigenvalue weighted by molar-refractivity contribution is 5.81. The minimum absolute atomic E-state index is 0.00705. The molecule has 0 aromatic heterocycles. The van der Waals surface area contributed by atoms with Crippen molar-refractivity contribution in [1.82, 2.24) is 15.1 Å². The number of nitrogens with two attached hydrogens (primary N) is 1. The maximum Gasteiger partial charge on any atom is 0.236 e. The van der Waals surface area contributed by atoms with Gasteiger partial charge in [-0.05, 0) is 25.9 Å². The minimum Gasteiger partial charge on any atom is -0.355 e. The van der Waals surface area contributed by atoms with Crippen molar-refractivity contribution in [3.8, 4) is 0 Å². The van der Waals surface area contributed by atoms with Gasteiger partial charge in [-0.3, -0.25) is 14.5 Å². The third-order valence-corrected chi connectivity index (χ3v) is 2.65. The van der Waals surface area contributed by atoms with Gasteiger partial charge in [0.1, 0.15) is 0 Å². The predicted octanol–water partition coefficient (Wildman–Crippen LogP) is -0.502. The highest BCUT2D eigenvalue weighted by Gasteiger charge is 2.13. The number of carbonyl (C=O) groups excluding carboxylic acids is 2. The van der Waals surface area contributed by atoms with Crippen LogP contribution in [0.15, 0.2) is 0 Å². The highest BCUT2D eigenvalue weighted by Crippen LogP contribution is 1.92. The zero-order valence-electron chi connectivity index (χ0n) is 12.6. The Labute approximate surface area is 116 Å². The van der Waals surface area contributed by atoms with Crippen molar-refractivity contribution in [3.05, 3.63) is 0 Å². The van der Waals surface area contributed by atoms with Crippen LogP contribution in [-0.2, 0) is 9.59 Å². The molecule has 0 aliphatic carbocycles. The Morgan fingerprint density at radius 3 is 2.37 bits per heavy atom. The largest absolute Gasteiger partial charge is 0.355 e. The van der Waals surface area contributed by atoms with Crippen LogP contribution >= 0.6 is 0 Å². The molecule has 0 fully saturated rings. The molecule has 0 heterocycles. The number of amides is 2. The lowest BCUT2D eigenvalue weighted by molar-refractivity contribution is -0.131. The van der Waals surface area contributed by atoms with Crippen molar-refractivity contribution in [2.24, 2.45) is 11.7 Å². The summed E-state index contributed by atoms with van der Waals surface area (Å²) >= 11 is 0. The first-order chi connectivity index (χ1) is 8.86. The number of hydrogen-bond acceptors (Lipinski definition) is 4. The lowest BCUT2D eigenvalue weighted by atomic mass is 10.2. The number of nitrogens with zero attached hydrogens (tertiary/aromatic N) is 2. The van der Waals surface area contributed by atoms with Crippen LogP contribution in [0.5, 0.6) is 0 Å². The molecular weight excluding hydrogens is 244 g/mol. The van der Waals surface area contributed by atoms with E-state index in [9.17, 15) is 9.59 Å². The fourth-order valence-electron chi connectivity index (χ4n) is 1.48. The summed E-state index contributed by atoms with van der Waals surface area (Å²) in [6, 6.07) is 0. The summed E-state index contributed by atoms with van der Waals surface area (Å²) in [4.78, 5) is 26.8. The van der Waals surface area contributed by atoms with Crippen molar-refractivity contribution in [1.29, 1.82) is 0 Å². The molecule has 6 heteroatoms. The van der Waals surface area contributed by atoms with Gasteiger partial charge in [0.05, 0.1) is 13.1 Å². The van der Waals surface area contributed by atoms with Crippen LogP contribution in [0, 0.1) is 5.92 Å². The van der Waals surface area contributed by atoms with Crippen LogP contribution in [0.4, 0.5) is 0 Å². The zero-order chi connectivity index (χ0) is 14.8. The summed E-state index contributed by atoms with van der Waals surface area (Å²) < 4.78 is 0. The third-order valence-electron chi connectivity index (χ3n) is 2.65. The quantitative estimate of drug-likeness (QED) is 0.593. The van der Waals surface area contributed by atoms with Crippen LogP contribution in [0.3, 0.4) is 0 Å². The molecule has 0 spiro atoms. The lowest BCUT2D eigenvalue weighted by Gasteiger charge is -2.21. The Balaban J connectivity index is 3.92. The van der Waals surface area contributed by atoms with E-state index in [1.807, 2.05) is 13.8 Å². The van der Waals surface area contributed by atoms with Gasteiger partial charge in [0.2, 0.25) is 11.8 Å². The zero-order valence-corrected chi connectivity index (χ0v) is 12.6. The SMILES string of the molecule is CC(C)CNC(=O)CN(C)CC(=O)N(C)CCCN. The maximum absolute atomic E-state index is 11.8. The molecule has 0 bridgehead atoms. The second kappa shape index (κ2) is 9.75. The third kappa shape index (κ3) is 9.44. The Morgan fingerprint density at radius 2 is 1.84 bits per heavy atom. The summed E-state index contributed by atoms with van der Waals surface area (Å²) in [6.45, 7) is 6.46. The molecule has 0 aromatic rings. The fourth-order valence-corrected chi connectivity index (χ4v) is 1.48. The van der Waals surface area contributed by atoms with Gasteiger partial charge in [-0.1, -0.05) is 13.8 Å². The molecule has 112 valence electrons. The lowest BCUT2D eigenvalue weighted by Crippen LogP contribution is -2.42. The van der Waals surface area contributed by atoms with E-state index in [-0.39, 0.29) is 24.9 Å². The van der Waals surface area contributed by atoms with Crippen LogP contribution in [-0.4, -0.2) is 68.4 Å². The van der Waals surface area contributed by atoms with E-state index in [2.05, 4.69) is 5.32 Å². The van der Waals surface area contributed by atoms with Crippen LogP contribution in [0.2, 0.25) is 0 Å². The highest BCUT2D eigenvalue weighted by atomic mass is 16.2. The van der Waals surface area contributed by atoms with Crippen LogP contribution in [0.1, 0.15) is 20.3 Å². The van der Waals surface area contributed by atoms with Gasteiger partial charge < -0.3 is 16.0 Å². The van der Waals surface area contributed by atoms with Gasteiger partial charge in [-0.25, -0.2) is 0 Å². The van der Waals surface area contributed by atoms with Crippen LogP contribution in [0.25, 0.3) is 0 Å². The Morgan fingerprint density at radius 1 is 1.21 bits per heavy atom. The van der Waals surface area contributed by atoms with Crippen LogP contribution < -0.4 is 11.1 Å². The molecule has 0 saturated heterocycles. The maximum atomic E-state index is 11.8. The molecule has 0 aliphatic rings. The van der Waals surface area contributed by atoms with Gasteiger partial charge in [-0.15, -0.1) is 0 Å². The molecule has 6 nitrogen and oxygen atoms in total. The molecule has 0 radical (unpaired) electrons. The molecule has 19 heavy (non-hydrogen) atoms. The van der Waals surface area contributed by atoms with Gasteiger partial charge in [0.15, 0.2) is 0 Å². The summed E-state index contributed by atoms with van der Waals surface area (Å²) in [5.41, 5.74) is 5.40. The second-order valence-electron chi connectivity index (χ2n) is 5.33. The first kappa shape index (κ1) is 17.9. The molecule has 3 N–H and O–H groups in total. The molecular formula is C13H28N4O2. The molecule has 2 amide bonds. The number of hydrogen-bond donors (Lipinski definition) is 2. The Kier molecular flexibility index (Phi) is 9.16. The van der Waals surface area contributed by atoms with E-state index >= 15 is 0 Å². The summed E-state index contributed by atoms with van der Waals surface area (Å²) in [5, 5.41) is 2.83. The summed E-state index contributed by atoms with van der Waals surface area (Å²) in [6.07, 6.45) is 0.792. The predicted molar refractivity (Wildman–Crippen MR) is 76.7 cm³/mol. The van der Waals surface area contributed by atoms with E-state index in [0.717, 1.165) is 6.42 Å².